The van der Waals surface area contributed by atoms with E-state index >= 15 is 0 Å². The lowest BCUT2D eigenvalue weighted by Gasteiger charge is -2.29. The van der Waals surface area contributed by atoms with Gasteiger partial charge in [-0.2, -0.15) is 0 Å². The van der Waals surface area contributed by atoms with Gasteiger partial charge in [-0.25, -0.2) is 0 Å². The van der Waals surface area contributed by atoms with Crippen LogP contribution in [0.25, 0.3) is 0 Å². The molecule has 0 radical (unpaired) electrons. The number of anilines is 1. The summed E-state index contributed by atoms with van der Waals surface area (Å²) >= 11 is 0. The Balaban J connectivity index is 1.94. The Bertz CT molecular complexity index is 424. The molecular weight excluding hydrogens is 250 g/mol. The molecule has 1 aliphatic heterocycles. The van der Waals surface area contributed by atoms with Gasteiger partial charge in [-0.15, -0.1) is 0 Å². The highest BCUT2D eigenvalue weighted by atomic mass is 16.1. The average molecular weight is 275 g/mol. The SMILES string of the molecule is CNCC(=O)N[C@H](C)c1ccc(N2CCCCC2)cc1. The maximum absolute atomic E-state index is 11.6. The lowest BCUT2D eigenvalue weighted by molar-refractivity contribution is -0.120. The van der Waals surface area contributed by atoms with Gasteiger partial charge in [-0.05, 0) is 50.9 Å². The lowest BCUT2D eigenvalue weighted by atomic mass is 10.1. The molecule has 1 aromatic carbocycles. The molecule has 0 aliphatic carbocycles. The highest BCUT2D eigenvalue weighted by Crippen LogP contribution is 2.22. The summed E-state index contributed by atoms with van der Waals surface area (Å²) in [5.74, 6) is 0.0279. The maximum Gasteiger partial charge on any atom is 0.234 e. The van der Waals surface area contributed by atoms with E-state index in [4.69, 9.17) is 0 Å². The van der Waals surface area contributed by atoms with Crippen molar-refractivity contribution in [1.29, 1.82) is 0 Å². The number of hydrogen-bond donors (Lipinski definition) is 2. The minimum atomic E-state index is 0.0279. The summed E-state index contributed by atoms with van der Waals surface area (Å²) in [7, 11) is 1.78. The molecule has 4 nitrogen and oxygen atoms in total. The summed E-state index contributed by atoms with van der Waals surface area (Å²) in [6.07, 6.45) is 3.93. The Kier molecular flexibility index (Phi) is 5.41. The fourth-order valence-electron chi connectivity index (χ4n) is 2.66. The molecule has 1 amide bonds. The molecular formula is C16H25N3O. The first-order chi connectivity index (χ1) is 9.70. The van der Waals surface area contributed by atoms with Crippen LogP contribution in [0.15, 0.2) is 24.3 Å². The van der Waals surface area contributed by atoms with Crippen molar-refractivity contribution < 1.29 is 4.79 Å². The van der Waals surface area contributed by atoms with Crippen molar-refractivity contribution in [2.45, 2.75) is 32.2 Å². The molecule has 20 heavy (non-hydrogen) atoms. The summed E-state index contributed by atoms with van der Waals surface area (Å²) < 4.78 is 0. The van der Waals surface area contributed by atoms with Gasteiger partial charge >= 0.3 is 0 Å². The monoisotopic (exact) mass is 275 g/mol. The van der Waals surface area contributed by atoms with Gasteiger partial charge in [0.25, 0.3) is 0 Å². The zero-order chi connectivity index (χ0) is 14.4. The molecule has 2 rings (SSSR count). The molecule has 0 spiro atoms. The molecule has 0 aromatic heterocycles. The van der Waals surface area contributed by atoms with Crippen molar-refractivity contribution >= 4 is 11.6 Å². The van der Waals surface area contributed by atoms with E-state index in [1.807, 2.05) is 6.92 Å². The minimum absolute atomic E-state index is 0.0279. The first-order valence-electron chi connectivity index (χ1n) is 7.49. The molecule has 1 heterocycles. The number of likely N-dealkylation sites (N-methyl/N-ethyl adjacent to an activating group) is 1. The number of hydrogen-bond acceptors (Lipinski definition) is 3. The Labute approximate surface area is 121 Å². The zero-order valence-corrected chi connectivity index (χ0v) is 12.5. The molecule has 1 aliphatic rings. The van der Waals surface area contributed by atoms with Crippen molar-refractivity contribution in [2.24, 2.45) is 0 Å². The van der Waals surface area contributed by atoms with Gasteiger partial charge in [0, 0.05) is 18.8 Å². The molecule has 2 N–H and O–H groups in total. The van der Waals surface area contributed by atoms with Gasteiger partial charge in [0.2, 0.25) is 5.91 Å². The Hall–Kier alpha value is -1.55. The average Bonchev–Trinajstić information content (AvgIpc) is 2.48. The highest BCUT2D eigenvalue weighted by Gasteiger charge is 2.12. The Morgan fingerprint density at radius 1 is 1.20 bits per heavy atom. The third-order valence-corrected chi connectivity index (χ3v) is 3.83. The second-order valence-electron chi connectivity index (χ2n) is 5.46. The minimum Gasteiger partial charge on any atom is -0.372 e. The van der Waals surface area contributed by atoms with Crippen LogP contribution in [0, 0.1) is 0 Å². The van der Waals surface area contributed by atoms with Crippen molar-refractivity contribution in [1.82, 2.24) is 10.6 Å². The molecule has 1 saturated heterocycles. The molecule has 4 heteroatoms. The quantitative estimate of drug-likeness (QED) is 0.864. The summed E-state index contributed by atoms with van der Waals surface area (Å²) in [4.78, 5) is 14.0. The first-order valence-corrected chi connectivity index (χ1v) is 7.49. The van der Waals surface area contributed by atoms with E-state index in [0.29, 0.717) is 6.54 Å². The van der Waals surface area contributed by atoms with E-state index in [1.54, 1.807) is 7.05 Å². The maximum atomic E-state index is 11.6. The second kappa shape index (κ2) is 7.29. The van der Waals surface area contributed by atoms with Crippen LogP contribution in [0.4, 0.5) is 5.69 Å². The Morgan fingerprint density at radius 3 is 2.45 bits per heavy atom. The molecule has 1 fully saturated rings. The van der Waals surface area contributed by atoms with E-state index in [-0.39, 0.29) is 11.9 Å². The lowest BCUT2D eigenvalue weighted by Crippen LogP contribution is -2.34. The summed E-state index contributed by atoms with van der Waals surface area (Å²) in [5.41, 5.74) is 2.44. The summed E-state index contributed by atoms with van der Waals surface area (Å²) in [6, 6.07) is 8.62. The Morgan fingerprint density at radius 2 is 1.85 bits per heavy atom. The topological polar surface area (TPSA) is 44.4 Å². The zero-order valence-electron chi connectivity index (χ0n) is 12.5. The third-order valence-electron chi connectivity index (χ3n) is 3.83. The number of carbonyl (C=O) groups is 1. The molecule has 0 saturated carbocycles. The van der Waals surface area contributed by atoms with Gasteiger partial charge in [-0.3, -0.25) is 4.79 Å². The van der Waals surface area contributed by atoms with Crippen LogP contribution in [-0.2, 0) is 4.79 Å². The number of rotatable bonds is 5. The van der Waals surface area contributed by atoms with Crippen molar-refractivity contribution in [3.05, 3.63) is 29.8 Å². The van der Waals surface area contributed by atoms with Gasteiger partial charge < -0.3 is 15.5 Å². The predicted molar refractivity (Wildman–Crippen MR) is 83.0 cm³/mol. The standard InChI is InChI=1S/C16H25N3O/c1-13(18-16(20)12-17-2)14-6-8-15(9-7-14)19-10-4-3-5-11-19/h6-9,13,17H,3-5,10-12H2,1-2H3,(H,18,20)/t13-/m1/s1. The highest BCUT2D eigenvalue weighted by molar-refractivity contribution is 5.78. The van der Waals surface area contributed by atoms with Crippen LogP contribution in [0.5, 0.6) is 0 Å². The van der Waals surface area contributed by atoms with E-state index in [0.717, 1.165) is 18.7 Å². The molecule has 1 atom stereocenters. The van der Waals surface area contributed by atoms with Gasteiger partial charge in [0.15, 0.2) is 0 Å². The molecule has 0 bridgehead atoms. The number of carbonyl (C=O) groups excluding carboxylic acids is 1. The van der Waals surface area contributed by atoms with E-state index in [9.17, 15) is 4.79 Å². The van der Waals surface area contributed by atoms with E-state index in [2.05, 4.69) is 39.8 Å². The number of amides is 1. The van der Waals surface area contributed by atoms with Gasteiger partial charge in [0.05, 0.1) is 12.6 Å². The van der Waals surface area contributed by atoms with Crippen molar-refractivity contribution in [3.63, 3.8) is 0 Å². The van der Waals surface area contributed by atoms with Crippen LogP contribution in [-0.4, -0.2) is 32.6 Å². The van der Waals surface area contributed by atoms with E-state index in [1.165, 1.54) is 24.9 Å². The fraction of sp³-hybridized carbons (Fsp3) is 0.562. The summed E-state index contributed by atoms with van der Waals surface area (Å²) in [5, 5.41) is 5.84. The fourth-order valence-corrected chi connectivity index (χ4v) is 2.66. The number of benzene rings is 1. The summed E-state index contributed by atoms with van der Waals surface area (Å²) in [6.45, 7) is 4.70. The van der Waals surface area contributed by atoms with Crippen LogP contribution in [0.1, 0.15) is 37.8 Å². The smallest absolute Gasteiger partial charge is 0.234 e. The number of piperidine rings is 1. The van der Waals surface area contributed by atoms with Crippen LogP contribution in [0.3, 0.4) is 0 Å². The predicted octanol–water partition coefficient (Wildman–Crippen LogP) is 2.07. The van der Waals surface area contributed by atoms with Gasteiger partial charge in [0.1, 0.15) is 0 Å². The van der Waals surface area contributed by atoms with Crippen molar-refractivity contribution in [2.75, 3.05) is 31.6 Å². The molecule has 0 unspecified atom stereocenters. The first kappa shape index (κ1) is 14.9. The number of nitrogens with zero attached hydrogens (tertiary/aromatic N) is 1. The number of nitrogens with one attached hydrogen (secondary N) is 2. The van der Waals surface area contributed by atoms with Crippen LogP contribution in [0.2, 0.25) is 0 Å². The largest absolute Gasteiger partial charge is 0.372 e. The van der Waals surface area contributed by atoms with Crippen molar-refractivity contribution in [3.8, 4) is 0 Å². The molecule has 1 aromatic rings. The molecule has 110 valence electrons. The third kappa shape index (κ3) is 3.97. The second-order valence-corrected chi connectivity index (χ2v) is 5.46. The van der Waals surface area contributed by atoms with Crippen LogP contribution >= 0.6 is 0 Å². The van der Waals surface area contributed by atoms with E-state index < -0.39 is 0 Å². The van der Waals surface area contributed by atoms with Gasteiger partial charge in [-0.1, -0.05) is 12.1 Å². The van der Waals surface area contributed by atoms with Crippen LogP contribution < -0.4 is 15.5 Å². The normalized spacial score (nSPS) is 16.8.